The molecule has 100 valence electrons. The van der Waals surface area contributed by atoms with Crippen LogP contribution in [-0.2, 0) is 11.3 Å². The van der Waals surface area contributed by atoms with Crippen molar-refractivity contribution < 1.29 is 9.21 Å². The molecule has 1 heterocycles. The minimum Gasteiger partial charge on any atom is -0.467 e. The third-order valence-corrected chi connectivity index (χ3v) is 3.88. The largest absolute Gasteiger partial charge is 0.467 e. The van der Waals surface area contributed by atoms with Crippen LogP contribution in [-0.4, -0.2) is 18.5 Å². The van der Waals surface area contributed by atoms with E-state index < -0.39 is 0 Å². The lowest BCUT2D eigenvalue weighted by Gasteiger charge is -2.36. The lowest BCUT2D eigenvalue weighted by atomic mass is 9.79. The molecule has 0 atom stereocenters. The van der Waals surface area contributed by atoms with Gasteiger partial charge in [0.2, 0.25) is 5.91 Å². The van der Waals surface area contributed by atoms with E-state index in [9.17, 15) is 4.79 Å². The van der Waals surface area contributed by atoms with E-state index in [0.717, 1.165) is 18.6 Å². The van der Waals surface area contributed by atoms with Gasteiger partial charge in [0, 0.05) is 12.0 Å². The minimum atomic E-state index is 0.00545. The van der Waals surface area contributed by atoms with Gasteiger partial charge >= 0.3 is 0 Å². The van der Waals surface area contributed by atoms with Crippen molar-refractivity contribution in [2.75, 3.05) is 7.05 Å². The molecule has 1 aliphatic carbocycles. The fourth-order valence-corrected chi connectivity index (χ4v) is 2.71. The molecule has 1 aromatic rings. The summed E-state index contributed by atoms with van der Waals surface area (Å²) in [7, 11) is 1.96. The first-order chi connectivity index (χ1) is 8.74. The van der Waals surface area contributed by atoms with Crippen LogP contribution in [0.15, 0.2) is 22.8 Å². The Morgan fingerprint density at radius 1 is 1.39 bits per heavy atom. The average Bonchev–Trinajstić information content (AvgIpc) is 2.91. The molecule has 1 saturated carbocycles. The van der Waals surface area contributed by atoms with Gasteiger partial charge in [0.15, 0.2) is 0 Å². The van der Waals surface area contributed by atoms with Crippen molar-refractivity contribution in [1.29, 1.82) is 0 Å². The van der Waals surface area contributed by atoms with Gasteiger partial charge in [0.1, 0.15) is 5.76 Å². The van der Waals surface area contributed by atoms with Crippen LogP contribution in [0, 0.1) is 0 Å². The van der Waals surface area contributed by atoms with E-state index in [1.165, 1.54) is 19.3 Å². The Kier molecular flexibility index (Phi) is 4.42. The first-order valence-corrected chi connectivity index (χ1v) is 6.72. The van der Waals surface area contributed by atoms with Gasteiger partial charge in [0.05, 0.1) is 12.8 Å². The van der Waals surface area contributed by atoms with E-state index >= 15 is 0 Å². The highest BCUT2D eigenvalue weighted by Gasteiger charge is 2.32. The van der Waals surface area contributed by atoms with Gasteiger partial charge in [-0.25, -0.2) is 0 Å². The van der Waals surface area contributed by atoms with Crippen molar-refractivity contribution in [3.8, 4) is 0 Å². The molecule has 1 fully saturated rings. The second kappa shape index (κ2) is 6.05. The maximum atomic E-state index is 12.0. The zero-order valence-corrected chi connectivity index (χ0v) is 11.0. The molecule has 1 aromatic heterocycles. The maximum Gasteiger partial charge on any atom is 0.222 e. The number of rotatable bonds is 5. The van der Waals surface area contributed by atoms with Crippen LogP contribution < -0.4 is 10.6 Å². The highest BCUT2D eigenvalue weighted by atomic mass is 16.3. The third kappa shape index (κ3) is 3.35. The number of hydrogen-bond acceptors (Lipinski definition) is 3. The van der Waals surface area contributed by atoms with Crippen LogP contribution in [0.5, 0.6) is 0 Å². The summed E-state index contributed by atoms with van der Waals surface area (Å²) < 4.78 is 5.20. The monoisotopic (exact) mass is 250 g/mol. The van der Waals surface area contributed by atoms with Crippen LogP contribution in [0.4, 0.5) is 0 Å². The minimum absolute atomic E-state index is 0.00545. The Morgan fingerprint density at radius 3 is 2.78 bits per heavy atom. The van der Waals surface area contributed by atoms with E-state index in [1.54, 1.807) is 6.26 Å². The van der Waals surface area contributed by atoms with Gasteiger partial charge < -0.3 is 15.1 Å². The van der Waals surface area contributed by atoms with E-state index in [4.69, 9.17) is 4.42 Å². The summed E-state index contributed by atoms with van der Waals surface area (Å²) in [4.78, 5) is 12.0. The van der Waals surface area contributed by atoms with Gasteiger partial charge in [-0.05, 0) is 32.0 Å². The van der Waals surface area contributed by atoms with E-state index in [0.29, 0.717) is 13.0 Å². The Hall–Kier alpha value is -1.29. The first-order valence-electron chi connectivity index (χ1n) is 6.72. The zero-order chi connectivity index (χ0) is 12.8. The van der Waals surface area contributed by atoms with Gasteiger partial charge in [-0.2, -0.15) is 0 Å². The van der Waals surface area contributed by atoms with Crippen molar-refractivity contribution in [3.05, 3.63) is 24.2 Å². The fraction of sp³-hybridized carbons (Fsp3) is 0.643. The molecule has 2 N–H and O–H groups in total. The number of carbonyl (C=O) groups is 1. The maximum absolute atomic E-state index is 12.0. The van der Waals surface area contributed by atoms with Crippen LogP contribution in [0.25, 0.3) is 0 Å². The summed E-state index contributed by atoms with van der Waals surface area (Å²) in [6, 6.07) is 3.70. The second-order valence-electron chi connectivity index (χ2n) is 5.12. The molecule has 4 nitrogen and oxygen atoms in total. The Morgan fingerprint density at radius 2 is 2.17 bits per heavy atom. The molecule has 0 aliphatic heterocycles. The van der Waals surface area contributed by atoms with E-state index in [-0.39, 0.29) is 11.4 Å². The van der Waals surface area contributed by atoms with Gasteiger partial charge in [-0.3, -0.25) is 4.79 Å². The Bertz CT molecular complexity index is 367. The van der Waals surface area contributed by atoms with Crippen LogP contribution in [0.1, 0.15) is 44.3 Å². The van der Waals surface area contributed by atoms with E-state index in [2.05, 4.69) is 10.6 Å². The molecular formula is C14H22N2O2. The summed E-state index contributed by atoms with van der Waals surface area (Å²) in [6.45, 7) is 0.478. The molecule has 0 radical (unpaired) electrons. The van der Waals surface area contributed by atoms with Crippen molar-refractivity contribution in [2.45, 2.75) is 50.6 Å². The fourth-order valence-electron chi connectivity index (χ4n) is 2.71. The van der Waals surface area contributed by atoms with Crippen molar-refractivity contribution >= 4 is 5.91 Å². The Labute approximate surface area is 108 Å². The number of carbonyl (C=O) groups excluding carboxylic acids is 1. The van der Waals surface area contributed by atoms with Crippen LogP contribution in [0.3, 0.4) is 0 Å². The summed E-state index contributed by atoms with van der Waals surface area (Å²) in [5.74, 6) is 0.896. The average molecular weight is 250 g/mol. The lowest BCUT2D eigenvalue weighted by Crippen LogP contribution is -2.48. The van der Waals surface area contributed by atoms with Gasteiger partial charge in [-0.15, -0.1) is 0 Å². The number of amides is 1. The number of hydrogen-bond donors (Lipinski definition) is 2. The van der Waals surface area contributed by atoms with Crippen molar-refractivity contribution in [1.82, 2.24) is 10.6 Å². The zero-order valence-electron chi connectivity index (χ0n) is 11.0. The second-order valence-corrected chi connectivity index (χ2v) is 5.12. The molecule has 4 heteroatoms. The number of nitrogens with one attached hydrogen (secondary N) is 2. The third-order valence-electron chi connectivity index (χ3n) is 3.88. The Balaban J connectivity index is 1.81. The van der Waals surface area contributed by atoms with Crippen molar-refractivity contribution in [3.63, 3.8) is 0 Å². The van der Waals surface area contributed by atoms with Crippen LogP contribution in [0.2, 0.25) is 0 Å². The standard InChI is InChI=1S/C14H22N2O2/c1-15-14(7-3-2-4-8-14)10-13(17)16-11-12-6-5-9-18-12/h5-6,9,15H,2-4,7-8,10-11H2,1H3,(H,16,17). The predicted molar refractivity (Wildman–Crippen MR) is 70.0 cm³/mol. The van der Waals surface area contributed by atoms with E-state index in [1.807, 2.05) is 19.2 Å². The summed E-state index contributed by atoms with van der Waals surface area (Å²) >= 11 is 0. The molecule has 0 saturated heterocycles. The quantitative estimate of drug-likeness (QED) is 0.842. The lowest BCUT2D eigenvalue weighted by molar-refractivity contribution is -0.123. The highest BCUT2D eigenvalue weighted by Crippen LogP contribution is 2.30. The van der Waals surface area contributed by atoms with Gasteiger partial charge in [0.25, 0.3) is 0 Å². The van der Waals surface area contributed by atoms with Crippen molar-refractivity contribution in [2.24, 2.45) is 0 Å². The summed E-state index contributed by atoms with van der Waals surface area (Å²) in [6.07, 6.45) is 8.09. The smallest absolute Gasteiger partial charge is 0.222 e. The topological polar surface area (TPSA) is 54.3 Å². The molecular weight excluding hydrogens is 228 g/mol. The SMILES string of the molecule is CNC1(CC(=O)NCc2ccco2)CCCCC1. The first kappa shape index (κ1) is 13.1. The summed E-state index contributed by atoms with van der Waals surface area (Å²) in [5.41, 5.74) is 0.00545. The molecule has 0 aromatic carbocycles. The molecule has 1 amide bonds. The highest BCUT2D eigenvalue weighted by molar-refractivity contribution is 5.77. The molecule has 0 spiro atoms. The molecule has 1 aliphatic rings. The molecule has 0 bridgehead atoms. The number of furan rings is 1. The summed E-state index contributed by atoms with van der Waals surface area (Å²) in [5, 5.41) is 6.28. The normalized spacial score (nSPS) is 18.5. The molecule has 2 rings (SSSR count). The molecule has 0 unspecified atom stereocenters. The van der Waals surface area contributed by atoms with Crippen LogP contribution >= 0.6 is 0 Å². The molecule has 18 heavy (non-hydrogen) atoms. The predicted octanol–water partition coefficient (Wildman–Crippen LogP) is 2.21. The van der Waals surface area contributed by atoms with Gasteiger partial charge in [-0.1, -0.05) is 19.3 Å².